The molecule has 1 amide bonds. The van der Waals surface area contributed by atoms with Crippen molar-refractivity contribution >= 4 is 21.1 Å². The van der Waals surface area contributed by atoms with Crippen molar-refractivity contribution in [2.24, 2.45) is 0 Å². The number of nitrogens with zero attached hydrogens (tertiary/aromatic N) is 1. The van der Waals surface area contributed by atoms with Crippen molar-refractivity contribution in [3.8, 4) is 0 Å². The summed E-state index contributed by atoms with van der Waals surface area (Å²) >= 11 is 0. The fourth-order valence-electron chi connectivity index (χ4n) is 2.40. The number of aliphatic hydroxyl groups is 1. The van der Waals surface area contributed by atoms with E-state index in [0.717, 1.165) is 0 Å². The van der Waals surface area contributed by atoms with Crippen molar-refractivity contribution in [1.82, 2.24) is 10.2 Å². The van der Waals surface area contributed by atoms with Crippen LogP contribution in [0.4, 0.5) is 0 Å². The molecule has 0 aromatic rings. The van der Waals surface area contributed by atoms with Gasteiger partial charge in [0.2, 0.25) is 0 Å². The number of hydrogen-bond acceptors (Lipinski definition) is 7. The largest absolute Gasteiger partial charge is 0.390 e. The number of ether oxygens (including phenoxy) is 1. The fraction of sp³-hybridized carbons (Fsp3) is 0.583. The molecule has 2 rings (SSSR count). The van der Waals surface area contributed by atoms with Crippen LogP contribution in [0, 0.1) is 0 Å². The lowest BCUT2D eigenvalue weighted by atomic mass is 10.1. The van der Waals surface area contributed by atoms with Crippen LogP contribution in [-0.4, -0.2) is 61.5 Å². The van der Waals surface area contributed by atoms with E-state index in [0.29, 0.717) is 5.57 Å². The third kappa shape index (κ3) is 5.47. The number of rotatable bonds is 6. The molecule has 4 atom stereocenters. The highest BCUT2D eigenvalue weighted by Crippen LogP contribution is 2.55. The Hall–Kier alpha value is -1.03. The third-order valence-electron chi connectivity index (χ3n) is 3.58. The molecule has 5 N–H and O–H groups in total. The van der Waals surface area contributed by atoms with Gasteiger partial charge in [-0.3, -0.25) is 13.9 Å². The molecule has 142 valence electrons. The average Bonchev–Trinajstić information content (AvgIpc) is 2.79. The summed E-state index contributed by atoms with van der Waals surface area (Å²) in [5.41, 5.74) is 0.409. The summed E-state index contributed by atoms with van der Waals surface area (Å²) in [5.74, 6) is -1.37. The van der Waals surface area contributed by atoms with Crippen molar-refractivity contribution < 1.29 is 43.0 Å². The van der Waals surface area contributed by atoms with Gasteiger partial charge >= 0.3 is 15.2 Å². The van der Waals surface area contributed by atoms with Crippen LogP contribution in [0.2, 0.25) is 0 Å². The first-order valence-corrected chi connectivity index (χ1v) is 10.8. The van der Waals surface area contributed by atoms with E-state index in [4.69, 9.17) is 14.5 Å². The summed E-state index contributed by atoms with van der Waals surface area (Å²) in [6.07, 6.45) is -1.10. The summed E-state index contributed by atoms with van der Waals surface area (Å²) in [6, 6.07) is 0. The zero-order valence-electron chi connectivity index (χ0n) is 13.3. The van der Waals surface area contributed by atoms with Gasteiger partial charge in [-0.05, 0) is 6.92 Å². The van der Waals surface area contributed by atoms with Crippen LogP contribution >= 0.6 is 15.2 Å². The van der Waals surface area contributed by atoms with Gasteiger partial charge in [-0.25, -0.2) is 0 Å². The maximum atomic E-state index is 11.6. The quantitative estimate of drug-likeness (QED) is 0.372. The van der Waals surface area contributed by atoms with Crippen molar-refractivity contribution in [3.63, 3.8) is 0 Å². The first-order valence-electron chi connectivity index (χ1n) is 7.19. The first kappa shape index (κ1) is 20.3. The lowest BCUT2D eigenvalue weighted by Crippen LogP contribution is -2.42. The molecule has 0 aromatic carbocycles. The number of carbonyl (C=O) groups is 1. The van der Waals surface area contributed by atoms with Gasteiger partial charge in [-0.2, -0.15) is 0 Å². The Morgan fingerprint density at radius 2 is 2.08 bits per heavy atom. The summed E-state index contributed by atoms with van der Waals surface area (Å²) in [4.78, 5) is 40.0. The van der Waals surface area contributed by atoms with Crippen LogP contribution in [0.5, 0.6) is 0 Å². The molecule has 1 saturated heterocycles. The van der Waals surface area contributed by atoms with Crippen LogP contribution in [0.1, 0.15) is 13.3 Å². The highest BCUT2D eigenvalue weighted by molar-refractivity contribution is 7.70. The molecule has 11 nitrogen and oxygen atoms in total. The summed E-state index contributed by atoms with van der Waals surface area (Å²) < 4.78 is 32.7. The highest BCUT2D eigenvalue weighted by atomic mass is 31.2. The molecule has 0 bridgehead atoms. The van der Waals surface area contributed by atoms with Gasteiger partial charge in [0, 0.05) is 18.2 Å². The summed E-state index contributed by atoms with van der Waals surface area (Å²) in [5, 5.41) is 12.6. The Labute approximate surface area is 143 Å². The Kier molecular flexibility index (Phi) is 5.92. The number of hydrogen-bond donors (Lipinski definition) is 5. The Morgan fingerprint density at radius 1 is 1.44 bits per heavy atom. The zero-order chi connectivity index (χ0) is 19.0. The molecule has 0 radical (unpaired) electrons. The van der Waals surface area contributed by atoms with E-state index in [1.807, 2.05) is 0 Å². The lowest BCUT2D eigenvalue weighted by Gasteiger charge is -2.32. The minimum Gasteiger partial charge on any atom is -0.390 e. The van der Waals surface area contributed by atoms with Gasteiger partial charge < -0.3 is 39.3 Å². The van der Waals surface area contributed by atoms with Crippen LogP contribution in [0.15, 0.2) is 24.2 Å². The molecule has 1 unspecified atom stereocenters. The van der Waals surface area contributed by atoms with Crippen LogP contribution in [0.25, 0.3) is 0 Å². The lowest BCUT2D eigenvalue weighted by molar-refractivity contribution is -0.118. The summed E-state index contributed by atoms with van der Waals surface area (Å²) in [7, 11) is -9.26. The summed E-state index contributed by atoms with van der Waals surface area (Å²) in [6.45, 7) is 4.75. The topological polar surface area (TPSA) is 166 Å². The van der Waals surface area contributed by atoms with Crippen molar-refractivity contribution in [2.45, 2.75) is 31.8 Å². The maximum Gasteiger partial charge on any atom is 0.340 e. The first-order chi connectivity index (χ1) is 11.4. The SMILES string of the molecule is C=C1NC(=O)C(C)=CN1[C@H]1C[C@@H](O)[C@@H](COP(=O)(O)CP(=O)(O)O)O1. The molecular formula is C12H20N2O9P2. The molecule has 0 saturated carbocycles. The highest BCUT2D eigenvalue weighted by Gasteiger charge is 2.40. The van der Waals surface area contributed by atoms with Gasteiger partial charge in [-0.1, -0.05) is 6.58 Å². The van der Waals surface area contributed by atoms with E-state index in [9.17, 15) is 23.9 Å². The Morgan fingerprint density at radius 3 is 2.68 bits per heavy atom. The molecule has 0 spiro atoms. The molecule has 0 aromatic heterocycles. The second-order valence-electron chi connectivity index (χ2n) is 5.79. The van der Waals surface area contributed by atoms with E-state index in [2.05, 4.69) is 16.4 Å². The molecular weight excluding hydrogens is 378 g/mol. The van der Waals surface area contributed by atoms with Crippen LogP contribution in [0.3, 0.4) is 0 Å². The van der Waals surface area contributed by atoms with Crippen LogP contribution in [-0.2, 0) is 23.2 Å². The fourth-order valence-corrected chi connectivity index (χ4v) is 4.96. The second kappa shape index (κ2) is 7.30. The Bertz CT molecular complexity index is 688. The van der Waals surface area contributed by atoms with Gasteiger partial charge in [0.15, 0.2) is 5.90 Å². The molecule has 2 heterocycles. The van der Waals surface area contributed by atoms with E-state index in [1.165, 1.54) is 11.1 Å². The molecule has 13 heteroatoms. The standard InChI is InChI=1S/C12H20N2O9P2/c1-7-4-14(8(2)13-12(7)16)11-3-9(15)10(23-11)5-22-25(20,21)6-24(17,18)19/h4,9-11,15H,2-3,5-6H2,1H3,(H,13,16)(H,20,21)(H2,17,18,19)/t9-,10-,11-/m1/s1. The van der Waals surface area contributed by atoms with Gasteiger partial charge in [0.05, 0.1) is 12.7 Å². The average molecular weight is 398 g/mol. The zero-order valence-corrected chi connectivity index (χ0v) is 15.1. The maximum absolute atomic E-state index is 11.6. The van der Waals surface area contributed by atoms with Crippen molar-refractivity contribution in [1.29, 1.82) is 0 Å². The predicted molar refractivity (Wildman–Crippen MR) is 84.9 cm³/mol. The minimum absolute atomic E-state index is 0.112. The minimum atomic E-state index is -4.73. The smallest absolute Gasteiger partial charge is 0.340 e. The normalized spacial score (nSPS) is 30.0. The van der Waals surface area contributed by atoms with Gasteiger partial charge in [-0.15, -0.1) is 0 Å². The van der Waals surface area contributed by atoms with E-state index in [-0.39, 0.29) is 18.1 Å². The number of carbonyl (C=O) groups excluding carboxylic acids is 1. The third-order valence-corrected chi connectivity index (χ3v) is 7.03. The molecule has 1 fully saturated rings. The van der Waals surface area contributed by atoms with Crippen LogP contribution < -0.4 is 5.32 Å². The van der Waals surface area contributed by atoms with E-state index >= 15 is 0 Å². The van der Waals surface area contributed by atoms with Crippen molar-refractivity contribution in [3.05, 3.63) is 24.2 Å². The second-order valence-corrected chi connectivity index (χ2v) is 9.79. The molecule has 0 aliphatic carbocycles. The monoisotopic (exact) mass is 398 g/mol. The predicted octanol–water partition coefficient (Wildman–Crippen LogP) is -0.394. The number of amides is 1. The molecule has 2 aliphatic heterocycles. The Balaban J connectivity index is 1.98. The van der Waals surface area contributed by atoms with Gasteiger partial charge in [0.1, 0.15) is 18.2 Å². The number of aliphatic hydroxyl groups excluding tert-OH is 1. The molecule has 25 heavy (non-hydrogen) atoms. The van der Waals surface area contributed by atoms with Gasteiger partial charge in [0.25, 0.3) is 5.91 Å². The molecule has 2 aliphatic rings. The van der Waals surface area contributed by atoms with E-state index < -0.39 is 46.1 Å². The van der Waals surface area contributed by atoms with Crippen molar-refractivity contribution in [2.75, 3.05) is 12.5 Å². The number of nitrogens with one attached hydrogen (secondary N) is 1. The van der Waals surface area contributed by atoms with E-state index in [1.54, 1.807) is 6.92 Å².